The fraction of sp³-hybridized carbons (Fsp3) is 0.524. The fourth-order valence-electron chi connectivity index (χ4n) is 3.59. The first-order valence-corrected chi connectivity index (χ1v) is 9.57. The minimum Gasteiger partial charge on any atom is -0.373 e. The van der Waals surface area contributed by atoms with Crippen molar-refractivity contribution in [3.8, 4) is 5.69 Å². The van der Waals surface area contributed by atoms with Crippen molar-refractivity contribution in [2.24, 2.45) is 0 Å². The molecule has 1 saturated heterocycles. The molecular weight excluding hydrogens is 340 g/mol. The van der Waals surface area contributed by atoms with Crippen LogP contribution in [0.25, 0.3) is 5.69 Å². The molecule has 1 aliphatic rings. The smallest absolute Gasteiger partial charge is 0.271 e. The third-order valence-corrected chi connectivity index (χ3v) is 5.08. The summed E-state index contributed by atoms with van der Waals surface area (Å²) < 4.78 is 7.62. The molecule has 0 spiro atoms. The van der Waals surface area contributed by atoms with E-state index < -0.39 is 0 Å². The van der Waals surface area contributed by atoms with Gasteiger partial charge < -0.3 is 10.1 Å². The summed E-state index contributed by atoms with van der Waals surface area (Å²) in [6.07, 6.45) is 0.404. The summed E-state index contributed by atoms with van der Waals surface area (Å²) in [5.41, 5.74) is 2.17. The summed E-state index contributed by atoms with van der Waals surface area (Å²) in [5, 5.41) is 7.55. The number of hydrogen-bond acceptors (Lipinski definition) is 4. The van der Waals surface area contributed by atoms with Crippen LogP contribution in [0.2, 0.25) is 0 Å². The van der Waals surface area contributed by atoms with Gasteiger partial charge in [0.05, 0.1) is 17.9 Å². The predicted molar refractivity (Wildman–Crippen MR) is 106 cm³/mol. The number of amides is 1. The molecule has 2 aromatic rings. The number of nitrogens with one attached hydrogen (secondary N) is 1. The number of carbonyl (C=O) groups is 1. The minimum absolute atomic E-state index is 0.143. The highest BCUT2D eigenvalue weighted by Crippen LogP contribution is 2.21. The molecule has 0 bridgehead atoms. The Balaban J connectivity index is 1.65. The SMILES string of the molecule is Cc1cc(C(=O)NCC(C)(C)N2CC(C)OC(C)C2)nn1-c1ccccc1. The van der Waals surface area contributed by atoms with Crippen molar-refractivity contribution in [1.82, 2.24) is 20.0 Å². The molecule has 1 amide bonds. The van der Waals surface area contributed by atoms with Gasteiger partial charge in [0.2, 0.25) is 0 Å². The lowest BCUT2D eigenvalue weighted by Crippen LogP contribution is -2.58. The first kappa shape index (κ1) is 19.6. The zero-order chi connectivity index (χ0) is 19.6. The molecule has 1 aliphatic heterocycles. The third-order valence-electron chi connectivity index (χ3n) is 5.08. The van der Waals surface area contributed by atoms with Crippen LogP contribution in [0.4, 0.5) is 0 Å². The number of rotatable bonds is 5. The molecule has 0 saturated carbocycles. The third kappa shape index (κ3) is 4.57. The lowest BCUT2D eigenvalue weighted by Gasteiger charge is -2.45. The second-order valence-electron chi connectivity index (χ2n) is 8.08. The largest absolute Gasteiger partial charge is 0.373 e. The Kier molecular flexibility index (Phi) is 5.67. The van der Waals surface area contributed by atoms with Crippen molar-refractivity contribution in [1.29, 1.82) is 0 Å². The molecule has 0 radical (unpaired) electrons. The van der Waals surface area contributed by atoms with Gasteiger partial charge in [0.1, 0.15) is 0 Å². The van der Waals surface area contributed by atoms with Gasteiger partial charge in [-0.1, -0.05) is 18.2 Å². The summed E-state index contributed by atoms with van der Waals surface area (Å²) in [7, 11) is 0. The molecule has 2 heterocycles. The van der Waals surface area contributed by atoms with E-state index in [0.717, 1.165) is 24.5 Å². The van der Waals surface area contributed by atoms with Gasteiger partial charge in [-0.3, -0.25) is 9.69 Å². The van der Waals surface area contributed by atoms with Gasteiger partial charge in [-0.25, -0.2) is 4.68 Å². The number of aryl methyl sites for hydroxylation is 1. The van der Waals surface area contributed by atoms with E-state index in [-0.39, 0.29) is 23.7 Å². The zero-order valence-electron chi connectivity index (χ0n) is 16.9. The Morgan fingerprint density at radius 3 is 2.48 bits per heavy atom. The summed E-state index contributed by atoms with van der Waals surface area (Å²) >= 11 is 0. The maximum absolute atomic E-state index is 12.7. The van der Waals surface area contributed by atoms with Crippen LogP contribution in [-0.2, 0) is 4.74 Å². The number of aromatic nitrogens is 2. The summed E-state index contributed by atoms with van der Waals surface area (Å²) in [6, 6.07) is 11.7. The summed E-state index contributed by atoms with van der Waals surface area (Å²) in [6.45, 7) is 12.8. The van der Waals surface area contributed by atoms with Gasteiger partial charge in [-0.2, -0.15) is 5.10 Å². The van der Waals surface area contributed by atoms with Gasteiger partial charge in [-0.15, -0.1) is 0 Å². The van der Waals surface area contributed by atoms with Crippen LogP contribution >= 0.6 is 0 Å². The zero-order valence-corrected chi connectivity index (χ0v) is 16.9. The Hall–Kier alpha value is -2.18. The Morgan fingerprint density at radius 1 is 1.22 bits per heavy atom. The molecule has 146 valence electrons. The number of hydrogen-bond donors (Lipinski definition) is 1. The molecule has 2 atom stereocenters. The van der Waals surface area contributed by atoms with E-state index in [9.17, 15) is 4.79 Å². The van der Waals surface area contributed by atoms with Gasteiger partial charge in [0, 0.05) is 30.9 Å². The number of nitrogens with zero attached hydrogens (tertiary/aromatic N) is 3. The molecule has 1 aromatic heterocycles. The van der Waals surface area contributed by atoms with Gasteiger partial charge in [0.25, 0.3) is 5.91 Å². The number of para-hydroxylation sites is 1. The Morgan fingerprint density at radius 2 is 1.85 bits per heavy atom. The molecular formula is C21H30N4O2. The van der Waals surface area contributed by atoms with Gasteiger partial charge in [0.15, 0.2) is 5.69 Å². The first-order valence-electron chi connectivity index (χ1n) is 9.57. The second-order valence-corrected chi connectivity index (χ2v) is 8.08. The standard InChI is InChI=1S/C21H30N4O2/c1-15-11-19(23-25(15)18-9-7-6-8-10-18)20(26)22-14-21(4,5)24-12-16(2)27-17(3)13-24/h6-11,16-17H,12-14H2,1-5H3,(H,22,26). The molecule has 27 heavy (non-hydrogen) atoms. The lowest BCUT2D eigenvalue weighted by molar-refractivity contribution is -0.0948. The van der Waals surface area contributed by atoms with E-state index in [1.165, 1.54) is 0 Å². The Labute approximate surface area is 161 Å². The topological polar surface area (TPSA) is 59.4 Å². The minimum atomic E-state index is -0.154. The van der Waals surface area contributed by atoms with Crippen molar-refractivity contribution in [3.05, 3.63) is 47.8 Å². The molecule has 6 heteroatoms. The fourth-order valence-corrected chi connectivity index (χ4v) is 3.59. The quantitative estimate of drug-likeness (QED) is 0.879. The molecule has 6 nitrogen and oxygen atoms in total. The molecule has 3 rings (SSSR count). The van der Waals surface area contributed by atoms with E-state index in [0.29, 0.717) is 12.2 Å². The summed E-state index contributed by atoms with van der Waals surface area (Å²) in [5.74, 6) is -0.143. The van der Waals surface area contributed by atoms with Crippen molar-refractivity contribution in [2.45, 2.75) is 52.4 Å². The molecule has 1 aromatic carbocycles. The van der Waals surface area contributed by atoms with Crippen LogP contribution < -0.4 is 5.32 Å². The monoisotopic (exact) mass is 370 g/mol. The maximum Gasteiger partial charge on any atom is 0.271 e. The van der Waals surface area contributed by atoms with E-state index in [2.05, 4.69) is 43.0 Å². The normalized spacial score (nSPS) is 21.2. The number of ether oxygens (including phenoxy) is 1. The second kappa shape index (κ2) is 7.82. The van der Waals surface area contributed by atoms with Crippen molar-refractivity contribution >= 4 is 5.91 Å². The van der Waals surface area contributed by atoms with E-state index in [1.54, 1.807) is 4.68 Å². The van der Waals surface area contributed by atoms with Crippen LogP contribution in [-0.4, -0.2) is 58.0 Å². The highest BCUT2D eigenvalue weighted by Gasteiger charge is 2.33. The molecule has 1 N–H and O–H groups in total. The molecule has 2 unspecified atom stereocenters. The average Bonchev–Trinajstić information content (AvgIpc) is 3.01. The highest BCUT2D eigenvalue weighted by atomic mass is 16.5. The van der Waals surface area contributed by atoms with Gasteiger partial charge in [-0.05, 0) is 52.8 Å². The van der Waals surface area contributed by atoms with Crippen LogP contribution in [0.3, 0.4) is 0 Å². The predicted octanol–water partition coefficient (Wildman–Crippen LogP) is 2.80. The maximum atomic E-state index is 12.7. The molecule has 1 fully saturated rings. The lowest BCUT2D eigenvalue weighted by atomic mass is 10.00. The van der Waals surface area contributed by atoms with Crippen LogP contribution in [0.15, 0.2) is 36.4 Å². The summed E-state index contributed by atoms with van der Waals surface area (Å²) in [4.78, 5) is 15.1. The van der Waals surface area contributed by atoms with E-state index in [1.807, 2.05) is 43.3 Å². The van der Waals surface area contributed by atoms with Gasteiger partial charge >= 0.3 is 0 Å². The van der Waals surface area contributed by atoms with Crippen LogP contribution in [0, 0.1) is 6.92 Å². The van der Waals surface area contributed by atoms with E-state index in [4.69, 9.17) is 4.74 Å². The highest BCUT2D eigenvalue weighted by molar-refractivity contribution is 5.92. The first-order chi connectivity index (χ1) is 12.8. The van der Waals surface area contributed by atoms with Crippen molar-refractivity contribution in [2.75, 3.05) is 19.6 Å². The molecule has 0 aliphatic carbocycles. The number of morpholine rings is 1. The average molecular weight is 370 g/mol. The van der Waals surface area contributed by atoms with Crippen LogP contribution in [0.5, 0.6) is 0 Å². The van der Waals surface area contributed by atoms with E-state index >= 15 is 0 Å². The number of carbonyl (C=O) groups excluding carboxylic acids is 1. The number of benzene rings is 1. The van der Waals surface area contributed by atoms with Crippen LogP contribution in [0.1, 0.15) is 43.9 Å². The Bertz CT molecular complexity index is 775. The van der Waals surface area contributed by atoms with Crippen molar-refractivity contribution in [3.63, 3.8) is 0 Å². The van der Waals surface area contributed by atoms with Crippen molar-refractivity contribution < 1.29 is 9.53 Å².